The van der Waals surface area contributed by atoms with Crippen molar-refractivity contribution in [3.05, 3.63) is 82.0 Å². The lowest BCUT2D eigenvalue weighted by molar-refractivity contribution is 0.168. The first-order valence-corrected chi connectivity index (χ1v) is 9.06. The van der Waals surface area contributed by atoms with E-state index >= 15 is 0 Å². The Labute approximate surface area is 156 Å². The molecule has 3 rings (SSSR count). The van der Waals surface area contributed by atoms with Crippen LogP contribution in [0.3, 0.4) is 0 Å². The van der Waals surface area contributed by atoms with Crippen LogP contribution >= 0.6 is 15.9 Å². The molecule has 4 heteroatoms. The third-order valence-corrected chi connectivity index (χ3v) is 4.59. The first kappa shape index (κ1) is 17.6. The Morgan fingerprint density at radius 1 is 1.12 bits per heavy atom. The van der Waals surface area contributed by atoms with Crippen LogP contribution in [0.15, 0.2) is 69.7 Å². The van der Waals surface area contributed by atoms with Crippen LogP contribution in [-0.2, 0) is 0 Å². The van der Waals surface area contributed by atoms with Crippen LogP contribution in [0.2, 0.25) is 0 Å². The monoisotopic (exact) mass is 397 g/mol. The van der Waals surface area contributed by atoms with Gasteiger partial charge >= 0.3 is 0 Å². The summed E-state index contributed by atoms with van der Waals surface area (Å²) in [5.74, 6) is 0.643. The van der Waals surface area contributed by atoms with Crippen molar-refractivity contribution in [2.45, 2.75) is 25.9 Å². The van der Waals surface area contributed by atoms with E-state index in [4.69, 9.17) is 4.52 Å². The van der Waals surface area contributed by atoms with Crippen molar-refractivity contribution in [3.8, 4) is 11.3 Å². The summed E-state index contributed by atoms with van der Waals surface area (Å²) in [4.78, 5) is 0. The van der Waals surface area contributed by atoms with Gasteiger partial charge in [0.2, 0.25) is 0 Å². The molecule has 1 heterocycles. The molecule has 0 saturated carbocycles. The number of hydrogen-bond donors (Lipinski definition) is 1. The predicted molar refractivity (Wildman–Crippen MR) is 104 cm³/mol. The number of aromatic nitrogens is 1. The Balaban J connectivity index is 1.70. The molecule has 0 aliphatic carbocycles. The molecule has 1 unspecified atom stereocenters. The van der Waals surface area contributed by atoms with Gasteiger partial charge in [-0.3, -0.25) is 0 Å². The number of aliphatic hydroxyl groups is 1. The Morgan fingerprint density at radius 2 is 1.84 bits per heavy atom. The van der Waals surface area contributed by atoms with E-state index in [1.165, 1.54) is 0 Å². The van der Waals surface area contributed by atoms with Crippen molar-refractivity contribution in [2.24, 2.45) is 0 Å². The molecule has 3 aromatic rings. The Hall–Kier alpha value is -2.17. The van der Waals surface area contributed by atoms with Crippen LogP contribution in [0, 0.1) is 6.92 Å². The van der Waals surface area contributed by atoms with Gasteiger partial charge < -0.3 is 9.63 Å². The molecular formula is C21H20BrNO2. The summed E-state index contributed by atoms with van der Waals surface area (Å²) in [6.45, 7) is 1.87. The molecule has 128 valence electrons. The van der Waals surface area contributed by atoms with Crippen molar-refractivity contribution in [1.29, 1.82) is 0 Å². The topological polar surface area (TPSA) is 46.3 Å². The van der Waals surface area contributed by atoms with E-state index in [0.29, 0.717) is 12.2 Å². The number of hydrogen-bond acceptors (Lipinski definition) is 3. The molecular weight excluding hydrogens is 378 g/mol. The summed E-state index contributed by atoms with van der Waals surface area (Å²) in [7, 11) is 0. The molecule has 25 heavy (non-hydrogen) atoms. The van der Waals surface area contributed by atoms with Crippen LogP contribution in [0.25, 0.3) is 17.4 Å². The highest BCUT2D eigenvalue weighted by molar-refractivity contribution is 9.10. The Bertz CT molecular complexity index is 838. The van der Waals surface area contributed by atoms with Gasteiger partial charge in [0, 0.05) is 10.0 Å². The number of aliphatic hydroxyl groups excluding tert-OH is 1. The number of allylic oxidation sites excluding steroid dienone is 1. The molecule has 0 radical (unpaired) electrons. The van der Waals surface area contributed by atoms with Crippen molar-refractivity contribution in [1.82, 2.24) is 5.16 Å². The van der Waals surface area contributed by atoms with Crippen molar-refractivity contribution < 1.29 is 9.63 Å². The molecule has 3 nitrogen and oxygen atoms in total. The molecule has 0 saturated heterocycles. The first-order chi connectivity index (χ1) is 12.1. The highest BCUT2D eigenvalue weighted by Crippen LogP contribution is 2.33. The minimum atomic E-state index is -0.606. The minimum absolute atomic E-state index is 0.606. The lowest BCUT2D eigenvalue weighted by Crippen LogP contribution is -1.99. The zero-order valence-corrected chi connectivity index (χ0v) is 15.6. The highest BCUT2D eigenvalue weighted by Gasteiger charge is 2.21. The largest absolute Gasteiger partial charge is 0.388 e. The summed E-state index contributed by atoms with van der Waals surface area (Å²) >= 11 is 3.43. The third-order valence-electron chi connectivity index (χ3n) is 4.06. The fourth-order valence-electron chi connectivity index (χ4n) is 2.76. The van der Waals surface area contributed by atoms with Crippen LogP contribution in [0.1, 0.15) is 35.8 Å². The van der Waals surface area contributed by atoms with Crippen molar-refractivity contribution in [2.75, 3.05) is 0 Å². The highest BCUT2D eigenvalue weighted by atomic mass is 79.9. The van der Waals surface area contributed by atoms with Gasteiger partial charge in [0.25, 0.3) is 0 Å². The number of aryl methyl sites for hydroxylation is 1. The van der Waals surface area contributed by atoms with E-state index < -0.39 is 6.10 Å². The van der Waals surface area contributed by atoms with Gasteiger partial charge in [-0.2, -0.15) is 0 Å². The number of nitrogens with zero attached hydrogens (tertiary/aromatic N) is 1. The zero-order chi connectivity index (χ0) is 17.6. The summed E-state index contributed by atoms with van der Waals surface area (Å²) in [5.41, 5.74) is 3.58. The second-order valence-electron chi connectivity index (χ2n) is 5.92. The molecule has 2 aromatic carbocycles. The molecule has 0 amide bonds. The third kappa shape index (κ3) is 4.47. The van der Waals surface area contributed by atoms with Gasteiger partial charge in [-0.1, -0.05) is 75.7 Å². The average molecular weight is 398 g/mol. The van der Waals surface area contributed by atoms with E-state index in [1.807, 2.05) is 49.4 Å². The van der Waals surface area contributed by atoms with E-state index in [0.717, 1.165) is 33.3 Å². The van der Waals surface area contributed by atoms with E-state index in [-0.39, 0.29) is 0 Å². The fourth-order valence-corrected chi connectivity index (χ4v) is 3.03. The maximum atomic E-state index is 10.6. The van der Waals surface area contributed by atoms with Crippen LogP contribution in [0.4, 0.5) is 0 Å². The summed E-state index contributed by atoms with van der Waals surface area (Å²) in [5, 5.41) is 14.7. The smallest absolute Gasteiger partial charge is 0.172 e. The van der Waals surface area contributed by atoms with E-state index in [9.17, 15) is 5.11 Å². The molecule has 0 spiro atoms. The van der Waals surface area contributed by atoms with E-state index in [1.54, 1.807) is 0 Å². The standard InChI is InChI=1S/C21H20BrNO2/c1-15-20(21(25-23-15)17-11-13-18(22)14-12-17)19(24)10-6-5-9-16-7-3-2-4-8-16/h2-5,7-9,11-14,19,24H,6,10H2,1H3. The normalized spacial score (nSPS) is 12.6. The van der Waals surface area contributed by atoms with Crippen molar-refractivity contribution in [3.63, 3.8) is 0 Å². The van der Waals surface area contributed by atoms with Crippen molar-refractivity contribution >= 4 is 22.0 Å². The SMILES string of the molecule is Cc1noc(-c2ccc(Br)cc2)c1C(O)CCC=Cc1ccccc1. The number of benzene rings is 2. The molecule has 0 aliphatic rings. The lowest BCUT2D eigenvalue weighted by atomic mass is 9.99. The number of halogens is 1. The zero-order valence-electron chi connectivity index (χ0n) is 14.0. The quantitative estimate of drug-likeness (QED) is 0.559. The van der Waals surface area contributed by atoms with E-state index in [2.05, 4.69) is 45.4 Å². The maximum absolute atomic E-state index is 10.6. The molecule has 1 atom stereocenters. The second-order valence-corrected chi connectivity index (χ2v) is 6.84. The molecule has 1 N–H and O–H groups in total. The average Bonchev–Trinajstić information content (AvgIpc) is 3.02. The Morgan fingerprint density at radius 3 is 2.56 bits per heavy atom. The predicted octanol–water partition coefficient (Wildman–Crippen LogP) is 5.94. The van der Waals surface area contributed by atoms with Gasteiger partial charge in [-0.15, -0.1) is 0 Å². The maximum Gasteiger partial charge on any atom is 0.172 e. The summed E-state index contributed by atoms with van der Waals surface area (Å²) in [6.07, 6.45) is 4.95. The summed E-state index contributed by atoms with van der Waals surface area (Å²) < 4.78 is 6.48. The minimum Gasteiger partial charge on any atom is -0.388 e. The van der Waals surface area contributed by atoms with Gasteiger partial charge in [0.15, 0.2) is 5.76 Å². The molecule has 0 bridgehead atoms. The second kappa shape index (κ2) is 8.28. The summed E-state index contributed by atoms with van der Waals surface area (Å²) in [6, 6.07) is 18.0. The van der Waals surface area contributed by atoms with Gasteiger partial charge in [0.1, 0.15) is 0 Å². The number of rotatable bonds is 6. The molecule has 1 aromatic heterocycles. The van der Waals surface area contributed by atoms with Crippen LogP contribution in [-0.4, -0.2) is 10.3 Å². The van der Waals surface area contributed by atoms with Crippen LogP contribution < -0.4 is 0 Å². The fraction of sp³-hybridized carbons (Fsp3) is 0.190. The van der Waals surface area contributed by atoms with Gasteiger partial charge in [-0.05, 0) is 37.5 Å². The van der Waals surface area contributed by atoms with Gasteiger partial charge in [-0.25, -0.2) is 0 Å². The van der Waals surface area contributed by atoms with Gasteiger partial charge in [0.05, 0.1) is 17.4 Å². The molecule has 0 aliphatic heterocycles. The molecule has 0 fully saturated rings. The first-order valence-electron chi connectivity index (χ1n) is 8.27. The van der Waals surface area contributed by atoms with Crippen LogP contribution in [0.5, 0.6) is 0 Å². The lowest BCUT2D eigenvalue weighted by Gasteiger charge is -2.10. The Kier molecular flexibility index (Phi) is 5.84.